The van der Waals surface area contributed by atoms with E-state index in [0.29, 0.717) is 6.42 Å². The second-order valence-corrected chi connectivity index (χ2v) is 7.70. The summed E-state index contributed by atoms with van der Waals surface area (Å²) in [5.74, 6) is -1.59. The van der Waals surface area contributed by atoms with E-state index >= 15 is 0 Å². The highest BCUT2D eigenvalue weighted by atomic mass is 32.1. The molecule has 6 heteroatoms. The number of nitrogens with zero attached hydrogens (tertiary/aromatic N) is 2. The number of aromatic nitrogens is 1. The zero-order valence-corrected chi connectivity index (χ0v) is 15.2. The topological polar surface area (TPSA) is 70.5 Å². The van der Waals surface area contributed by atoms with Gasteiger partial charge in [0.2, 0.25) is 5.91 Å². The number of carboxylic acid groups (broad SMARTS) is 1. The van der Waals surface area contributed by atoms with Crippen molar-refractivity contribution in [2.75, 3.05) is 13.6 Å². The summed E-state index contributed by atoms with van der Waals surface area (Å²) in [6.07, 6.45) is 5.62. The number of hydrogen-bond acceptors (Lipinski definition) is 4. The fourth-order valence-corrected chi connectivity index (χ4v) is 4.42. The molecule has 132 valence electrons. The molecule has 25 heavy (non-hydrogen) atoms. The van der Waals surface area contributed by atoms with Crippen LogP contribution in [-0.4, -0.2) is 40.5 Å². The third-order valence-electron chi connectivity index (χ3n) is 4.72. The van der Waals surface area contributed by atoms with Gasteiger partial charge in [-0.3, -0.25) is 9.59 Å². The number of amides is 1. The number of rotatable bonds is 5. The Bertz CT molecular complexity index is 781. The van der Waals surface area contributed by atoms with Crippen LogP contribution in [0.1, 0.15) is 30.7 Å². The van der Waals surface area contributed by atoms with Gasteiger partial charge in [-0.1, -0.05) is 31.2 Å². The summed E-state index contributed by atoms with van der Waals surface area (Å²) in [6, 6.07) is 8.00. The summed E-state index contributed by atoms with van der Waals surface area (Å²) in [5, 5.41) is 10.1. The number of fused-ring (bicyclic) bond motifs is 1. The van der Waals surface area contributed by atoms with E-state index in [0.717, 1.165) is 21.6 Å². The van der Waals surface area contributed by atoms with Crippen LogP contribution in [0.4, 0.5) is 0 Å². The molecule has 5 nitrogen and oxygen atoms in total. The van der Waals surface area contributed by atoms with Crippen molar-refractivity contribution < 1.29 is 14.7 Å². The molecule has 1 aromatic carbocycles. The molecule has 3 unspecified atom stereocenters. The van der Waals surface area contributed by atoms with Crippen LogP contribution in [0.3, 0.4) is 0 Å². The number of benzene rings is 1. The number of carboxylic acids is 1. The van der Waals surface area contributed by atoms with Crippen molar-refractivity contribution in [3.05, 3.63) is 41.4 Å². The Morgan fingerprint density at radius 2 is 2.04 bits per heavy atom. The third kappa shape index (κ3) is 3.74. The van der Waals surface area contributed by atoms with Crippen molar-refractivity contribution in [1.29, 1.82) is 0 Å². The maximum atomic E-state index is 12.9. The molecule has 1 aliphatic carbocycles. The van der Waals surface area contributed by atoms with E-state index < -0.39 is 11.9 Å². The molecule has 0 saturated carbocycles. The Morgan fingerprint density at radius 3 is 2.76 bits per heavy atom. The molecule has 0 spiro atoms. The van der Waals surface area contributed by atoms with Gasteiger partial charge in [-0.2, -0.15) is 0 Å². The standard InChI is InChI=1S/C19H22N2O3S/c1-12(19(23)24)11-21(2)18(22)14-8-4-3-7-13(14)17-20-15-9-5-6-10-16(15)25-17/h3-6,9-10,12-14H,7-8,11H2,1-2H3,(H,23,24). The first kappa shape index (κ1) is 17.6. The normalized spacial score (nSPS) is 21.2. The zero-order valence-electron chi connectivity index (χ0n) is 14.4. The Balaban J connectivity index is 1.82. The first-order chi connectivity index (χ1) is 12.0. The quantitative estimate of drug-likeness (QED) is 0.830. The summed E-state index contributed by atoms with van der Waals surface area (Å²) < 4.78 is 1.13. The molecule has 3 rings (SSSR count). The summed E-state index contributed by atoms with van der Waals surface area (Å²) in [7, 11) is 1.69. The Kier molecular flexibility index (Phi) is 5.18. The van der Waals surface area contributed by atoms with Gasteiger partial charge in [0, 0.05) is 19.5 Å². The lowest BCUT2D eigenvalue weighted by atomic mass is 9.82. The number of thiazole rings is 1. The second-order valence-electron chi connectivity index (χ2n) is 6.63. The Hall–Kier alpha value is -2.21. The number of aliphatic carboxylic acids is 1. The van der Waals surface area contributed by atoms with Gasteiger partial charge in [0.1, 0.15) is 0 Å². The van der Waals surface area contributed by atoms with E-state index in [2.05, 4.69) is 6.08 Å². The van der Waals surface area contributed by atoms with Gasteiger partial charge in [0.15, 0.2) is 0 Å². The Labute approximate surface area is 151 Å². The first-order valence-corrected chi connectivity index (χ1v) is 9.27. The minimum atomic E-state index is -0.883. The Morgan fingerprint density at radius 1 is 1.32 bits per heavy atom. The lowest BCUT2D eigenvalue weighted by Gasteiger charge is -2.30. The minimum Gasteiger partial charge on any atom is -0.481 e. The van der Waals surface area contributed by atoms with E-state index in [1.807, 2.05) is 30.3 Å². The highest BCUT2D eigenvalue weighted by molar-refractivity contribution is 7.18. The molecule has 0 fully saturated rings. The van der Waals surface area contributed by atoms with Crippen molar-refractivity contribution in [2.24, 2.45) is 11.8 Å². The molecule has 0 bridgehead atoms. The van der Waals surface area contributed by atoms with Crippen molar-refractivity contribution in [2.45, 2.75) is 25.7 Å². The third-order valence-corrected chi connectivity index (χ3v) is 5.89. The van der Waals surface area contributed by atoms with Gasteiger partial charge in [-0.15, -0.1) is 11.3 Å². The van der Waals surface area contributed by atoms with Crippen LogP contribution >= 0.6 is 11.3 Å². The summed E-state index contributed by atoms with van der Waals surface area (Å²) in [6.45, 7) is 1.85. The summed E-state index contributed by atoms with van der Waals surface area (Å²) in [4.78, 5) is 30.3. The van der Waals surface area contributed by atoms with Crippen LogP contribution in [0.2, 0.25) is 0 Å². The number of carbonyl (C=O) groups excluding carboxylic acids is 1. The maximum absolute atomic E-state index is 12.9. The van der Waals surface area contributed by atoms with Gasteiger partial charge >= 0.3 is 5.97 Å². The lowest BCUT2D eigenvalue weighted by molar-refractivity contribution is -0.143. The number of hydrogen-bond donors (Lipinski definition) is 1. The fraction of sp³-hybridized carbons (Fsp3) is 0.421. The van der Waals surface area contributed by atoms with E-state index in [1.54, 1.807) is 30.2 Å². The first-order valence-electron chi connectivity index (χ1n) is 8.45. The fourth-order valence-electron chi connectivity index (χ4n) is 3.27. The van der Waals surface area contributed by atoms with Gasteiger partial charge in [-0.05, 0) is 25.0 Å². The van der Waals surface area contributed by atoms with Crippen molar-refractivity contribution in [1.82, 2.24) is 9.88 Å². The van der Waals surface area contributed by atoms with Gasteiger partial charge in [0.25, 0.3) is 0 Å². The van der Waals surface area contributed by atoms with Gasteiger partial charge in [0.05, 0.1) is 27.1 Å². The molecule has 2 aromatic rings. The second kappa shape index (κ2) is 7.35. The highest BCUT2D eigenvalue weighted by Crippen LogP contribution is 2.39. The number of carbonyl (C=O) groups is 2. The molecular formula is C19H22N2O3S. The predicted octanol–water partition coefficient (Wildman–Crippen LogP) is 3.53. The molecular weight excluding hydrogens is 336 g/mol. The number of para-hydroxylation sites is 1. The van der Waals surface area contributed by atoms with E-state index in [-0.39, 0.29) is 24.3 Å². The van der Waals surface area contributed by atoms with E-state index in [1.165, 1.54) is 0 Å². The minimum absolute atomic E-state index is 0.00158. The van der Waals surface area contributed by atoms with Crippen molar-refractivity contribution in [3.8, 4) is 0 Å². The number of allylic oxidation sites excluding steroid dienone is 2. The van der Waals surface area contributed by atoms with Crippen LogP contribution in [0, 0.1) is 11.8 Å². The zero-order chi connectivity index (χ0) is 18.0. The van der Waals surface area contributed by atoms with Gasteiger partial charge in [-0.25, -0.2) is 4.98 Å². The SMILES string of the molecule is CC(CN(C)C(=O)C1CC=CCC1c1nc2ccccc2s1)C(=O)O. The van der Waals surface area contributed by atoms with Crippen LogP contribution in [0.15, 0.2) is 36.4 Å². The van der Waals surface area contributed by atoms with Crippen LogP contribution in [-0.2, 0) is 9.59 Å². The van der Waals surface area contributed by atoms with Crippen molar-refractivity contribution in [3.63, 3.8) is 0 Å². The average molecular weight is 358 g/mol. The van der Waals surface area contributed by atoms with Crippen molar-refractivity contribution >= 4 is 33.4 Å². The summed E-state index contributed by atoms with van der Waals surface area (Å²) >= 11 is 1.65. The molecule has 1 aromatic heterocycles. The van der Waals surface area contributed by atoms with Crippen LogP contribution < -0.4 is 0 Å². The molecule has 1 heterocycles. The maximum Gasteiger partial charge on any atom is 0.308 e. The van der Waals surface area contributed by atoms with E-state index in [9.17, 15) is 9.59 Å². The largest absolute Gasteiger partial charge is 0.481 e. The van der Waals surface area contributed by atoms with Gasteiger partial charge < -0.3 is 10.0 Å². The van der Waals surface area contributed by atoms with Crippen LogP contribution in [0.25, 0.3) is 10.2 Å². The molecule has 0 radical (unpaired) electrons. The molecule has 0 saturated heterocycles. The highest BCUT2D eigenvalue weighted by Gasteiger charge is 2.34. The molecule has 1 amide bonds. The lowest BCUT2D eigenvalue weighted by Crippen LogP contribution is -2.40. The molecule has 1 N–H and O–H groups in total. The molecule has 1 aliphatic rings. The van der Waals surface area contributed by atoms with E-state index in [4.69, 9.17) is 10.1 Å². The predicted molar refractivity (Wildman–Crippen MR) is 98.7 cm³/mol. The molecule has 0 aliphatic heterocycles. The monoisotopic (exact) mass is 358 g/mol. The molecule has 3 atom stereocenters. The summed E-state index contributed by atoms with van der Waals surface area (Å²) in [5.41, 5.74) is 0.969. The average Bonchev–Trinajstić information content (AvgIpc) is 3.04. The smallest absolute Gasteiger partial charge is 0.308 e. The van der Waals surface area contributed by atoms with Crippen LogP contribution in [0.5, 0.6) is 0 Å².